The van der Waals surface area contributed by atoms with Crippen LogP contribution in [-0.4, -0.2) is 50.5 Å². The van der Waals surface area contributed by atoms with Gasteiger partial charge in [0.1, 0.15) is 6.54 Å². The van der Waals surface area contributed by atoms with Crippen LogP contribution in [0.15, 0.2) is 6.20 Å². The molecule has 0 bridgehead atoms. The number of aromatic carboxylic acids is 1. The van der Waals surface area contributed by atoms with Gasteiger partial charge < -0.3 is 10.0 Å². The van der Waals surface area contributed by atoms with E-state index in [-0.39, 0.29) is 18.1 Å². The maximum absolute atomic E-state index is 11.8. The van der Waals surface area contributed by atoms with Crippen LogP contribution in [0.5, 0.6) is 0 Å². The molecule has 0 unspecified atom stereocenters. The van der Waals surface area contributed by atoms with Crippen LogP contribution in [0.3, 0.4) is 0 Å². The van der Waals surface area contributed by atoms with Gasteiger partial charge in [-0.05, 0) is 6.42 Å². The Morgan fingerprint density at radius 3 is 2.72 bits per heavy atom. The van der Waals surface area contributed by atoms with Gasteiger partial charge in [0.2, 0.25) is 5.91 Å². The zero-order valence-corrected chi connectivity index (χ0v) is 10.7. The van der Waals surface area contributed by atoms with Crippen LogP contribution >= 0.6 is 0 Å². The number of carboxylic acid groups (broad SMARTS) is 1. The third kappa shape index (κ3) is 4.15. The molecule has 0 saturated heterocycles. The minimum absolute atomic E-state index is 0.0168. The fraction of sp³-hybridized carbons (Fsp3) is 0.636. The lowest BCUT2D eigenvalue weighted by Gasteiger charge is -2.16. The van der Waals surface area contributed by atoms with Gasteiger partial charge in [0.25, 0.3) is 0 Å². The van der Waals surface area contributed by atoms with Crippen LogP contribution in [0.2, 0.25) is 0 Å². The van der Waals surface area contributed by atoms with Crippen LogP contribution in [-0.2, 0) is 11.3 Å². The Bertz CT molecular complexity index is 416. The largest absolute Gasteiger partial charge is 0.476 e. The molecule has 0 aliphatic carbocycles. The average molecular weight is 254 g/mol. The molecule has 7 heteroatoms. The average Bonchev–Trinajstić information content (AvgIpc) is 2.77. The van der Waals surface area contributed by atoms with Crippen molar-refractivity contribution in [3.63, 3.8) is 0 Å². The summed E-state index contributed by atoms with van der Waals surface area (Å²) in [6.45, 7) is 2.82. The SMILES string of the molecule is CCCCCN(C)C(=O)Cn1cc(C(=O)O)nn1. The Kier molecular flexibility index (Phi) is 5.29. The molecule has 0 radical (unpaired) electrons. The van der Waals surface area contributed by atoms with Gasteiger partial charge >= 0.3 is 5.97 Å². The first-order chi connectivity index (χ1) is 8.54. The van der Waals surface area contributed by atoms with E-state index in [4.69, 9.17) is 5.11 Å². The minimum atomic E-state index is -1.15. The number of carboxylic acids is 1. The summed E-state index contributed by atoms with van der Waals surface area (Å²) >= 11 is 0. The molecule has 1 N–H and O–H groups in total. The van der Waals surface area contributed by atoms with E-state index in [2.05, 4.69) is 17.2 Å². The molecule has 0 fully saturated rings. The highest BCUT2D eigenvalue weighted by Gasteiger charge is 2.13. The quantitative estimate of drug-likeness (QED) is 0.721. The summed E-state index contributed by atoms with van der Waals surface area (Å²) in [5, 5.41) is 15.7. The van der Waals surface area contributed by atoms with Crippen LogP contribution in [0.1, 0.15) is 36.7 Å². The standard InChI is InChI=1S/C11H18N4O3/c1-3-4-5-6-14(2)10(16)8-15-7-9(11(17)18)12-13-15/h7H,3-6,8H2,1-2H3,(H,17,18). The van der Waals surface area contributed by atoms with Crippen molar-refractivity contribution in [1.29, 1.82) is 0 Å². The topological polar surface area (TPSA) is 88.3 Å². The molecule has 1 rings (SSSR count). The Morgan fingerprint density at radius 1 is 1.44 bits per heavy atom. The van der Waals surface area contributed by atoms with E-state index >= 15 is 0 Å². The fourth-order valence-corrected chi connectivity index (χ4v) is 1.46. The summed E-state index contributed by atoms with van der Waals surface area (Å²) in [6.07, 6.45) is 4.41. The molecule has 0 atom stereocenters. The van der Waals surface area contributed by atoms with Crippen molar-refractivity contribution < 1.29 is 14.7 Å². The van der Waals surface area contributed by atoms with E-state index in [0.717, 1.165) is 19.3 Å². The number of hydrogen-bond acceptors (Lipinski definition) is 4. The van der Waals surface area contributed by atoms with E-state index in [0.29, 0.717) is 6.54 Å². The Labute approximate surface area is 105 Å². The van der Waals surface area contributed by atoms with Gasteiger partial charge in [-0.25, -0.2) is 9.48 Å². The van der Waals surface area contributed by atoms with Crippen molar-refractivity contribution in [1.82, 2.24) is 19.9 Å². The molecule has 1 heterocycles. The Morgan fingerprint density at radius 2 is 2.17 bits per heavy atom. The number of rotatable bonds is 7. The number of likely N-dealkylation sites (N-methyl/N-ethyl adjacent to an activating group) is 1. The van der Waals surface area contributed by atoms with E-state index in [1.807, 2.05) is 0 Å². The summed E-state index contributed by atoms with van der Waals surface area (Å²) in [5.74, 6) is -1.25. The number of nitrogens with zero attached hydrogens (tertiary/aromatic N) is 4. The molecule has 1 aromatic rings. The second-order valence-electron chi connectivity index (χ2n) is 4.13. The van der Waals surface area contributed by atoms with Crippen molar-refractivity contribution in [2.45, 2.75) is 32.7 Å². The molecule has 1 amide bonds. The highest BCUT2D eigenvalue weighted by molar-refractivity contribution is 5.84. The molecular weight excluding hydrogens is 236 g/mol. The molecule has 0 aliphatic heterocycles. The van der Waals surface area contributed by atoms with Gasteiger partial charge in [0.15, 0.2) is 5.69 Å². The van der Waals surface area contributed by atoms with Gasteiger partial charge in [-0.3, -0.25) is 4.79 Å². The van der Waals surface area contributed by atoms with E-state index in [9.17, 15) is 9.59 Å². The van der Waals surface area contributed by atoms with Gasteiger partial charge in [-0.1, -0.05) is 25.0 Å². The van der Waals surface area contributed by atoms with Crippen LogP contribution < -0.4 is 0 Å². The summed E-state index contributed by atoms with van der Waals surface area (Å²) in [4.78, 5) is 24.0. The van der Waals surface area contributed by atoms with E-state index < -0.39 is 5.97 Å². The van der Waals surface area contributed by atoms with Crippen molar-refractivity contribution >= 4 is 11.9 Å². The third-order valence-electron chi connectivity index (χ3n) is 2.58. The maximum Gasteiger partial charge on any atom is 0.358 e. The number of amides is 1. The predicted octanol–water partition coefficient (Wildman–Crippen LogP) is 0.625. The predicted molar refractivity (Wildman–Crippen MR) is 64.1 cm³/mol. The Balaban J connectivity index is 2.45. The molecule has 0 aliphatic rings. The first kappa shape index (κ1) is 14.1. The number of carbonyl (C=O) groups is 2. The lowest BCUT2D eigenvalue weighted by atomic mass is 10.2. The maximum atomic E-state index is 11.8. The smallest absolute Gasteiger partial charge is 0.358 e. The van der Waals surface area contributed by atoms with Crippen molar-refractivity contribution in [3.05, 3.63) is 11.9 Å². The Hall–Kier alpha value is -1.92. The second-order valence-corrected chi connectivity index (χ2v) is 4.13. The van der Waals surface area contributed by atoms with Crippen molar-refractivity contribution in [2.75, 3.05) is 13.6 Å². The van der Waals surface area contributed by atoms with Crippen molar-refractivity contribution in [2.24, 2.45) is 0 Å². The van der Waals surface area contributed by atoms with Crippen LogP contribution in [0.25, 0.3) is 0 Å². The molecule has 7 nitrogen and oxygen atoms in total. The summed E-state index contributed by atoms with van der Waals surface area (Å²) in [5.41, 5.74) is -0.156. The third-order valence-corrected chi connectivity index (χ3v) is 2.58. The van der Waals surface area contributed by atoms with E-state index in [1.54, 1.807) is 11.9 Å². The fourth-order valence-electron chi connectivity index (χ4n) is 1.46. The van der Waals surface area contributed by atoms with Crippen LogP contribution in [0.4, 0.5) is 0 Å². The molecule has 0 saturated carbocycles. The van der Waals surface area contributed by atoms with Crippen LogP contribution in [0, 0.1) is 0 Å². The molecule has 18 heavy (non-hydrogen) atoms. The normalized spacial score (nSPS) is 10.3. The first-order valence-corrected chi connectivity index (χ1v) is 5.92. The van der Waals surface area contributed by atoms with Gasteiger partial charge in [-0.15, -0.1) is 5.10 Å². The second kappa shape index (κ2) is 6.73. The highest BCUT2D eigenvalue weighted by atomic mass is 16.4. The van der Waals surface area contributed by atoms with Crippen molar-refractivity contribution in [3.8, 4) is 0 Å². The summed E-state index contributed by atoms with van der Waals surface area (Å²) in [7, 11) is 1.73. The molecule has 1 aromatic heterocycles. The summed E-state index contributed by atoms with van der Waals surface area (Å²) < 4.78 is 1.24. The monoisotopic (exact) mass is 254 g/mol. The molecular formula is C11H18N4O3. The lowest BCUT2D eigenvalue weighted by molar-refractivity contribution is -0.130. The molecule has 0 aromatic carbocycles. The molecule has 0 spiro atoms. The van der Waals surface area contributed by atoms with Gasteiger partial charge in [0.05, 0.1) is 6.20 Å². The lowest BCUT2D eigenvalue weighted by Crippen LogP contribution is -2.31. The number of carbonyl (C=O) groups excluding carboxylic acids is 1. The zero-order valence-electron chi connectivity index (χ0n) is 10.7. The number of hydrogen-bond donors (Lipinski definition) is 1. The van der Waals surface area contributed by atoms with Gasteiger partial charge in [0, 0.05) is 13.6 Å². The summed E-state index contributed by atoms with van der Waals surface area (Å²) in [6, 6.07) is 0. The number of unbranched alkanes of at least 4 members (excludes halogenated alkanes) is 2. The van der Waals surface area contributed by atoms with Gasteiger partial charge in [-0.2, -0.15) is 0 Å². The highest BCUT2D eigenvalue weighted by Crippen LogP contribution is 1.99. The van der Waals surface area contributed by atoms with E-state index in [1.165, 1.54) is 10.9 Å². The first-order valence-electron chi connectivity index (χ1n) is 5.92. The molecule has 100 valence electrons. The minimum Gasteiger partial charge on any atom is -0.476 e. The number of aromatic nitrogens is 3. The zero-order chi connectivity index (χ0) is 13.5.